The van der Waals surface area contributed by atoms with E-state index in [9.17, 15) is 9.59 Å². The Labute approximate surface area is 121 Å². The summed E-state index contributed by atoms with van der Waals surface area (Å²) in [5.41, 5.74) is 0.945. The van der Waals surface area contributed by atoms with Crippen molar-refractivity contribution in [3.05, 3.63) is 11.1 Å². The van der Waals surface area contributed by atoms with Crippen LogP contribution in [-0.2, 0) is 11.2 Å². The number of urea groups is 1. The van der Waals surface area contributed by atoms with Crippen LogP contribution in [0.2, 0.25) is 0 Å². The summed E-state index contributed by atoms with van der Waals surface area (Å²) >= 11 is 1.39. The van der Waals surface area contributed by atoms with Gasteiger partial charge in [0.15, 0.2) is 5.13 Å². The molecule has 2 N–H and O–H groups in total. The van der Waals surface area contributed by atoms with E-state index in [1.807, 2.05) is 19.2 Å². The number of aromatic nitrogens is 1. The van der Waals surface area contributed by atoms with Crippen molar-refractivity contribution in [1.82, 2.24) is 9.88 Å². The molecule has 0 saturated carbocycles. The van der Waals surface area contributed by atoms with Crippen LogP contribution in [0.25, 0.3) is 0 Å². The number of hydrogen-bond acceptors (Lipinski definition) is 4. The maximum atomic E-state index is 12.2. The van der Waals surface area contributed by atoms with Crippen LogP contribution >= 0.6 is 11.3 Å². The average molecular weight is 297 g/mol. The first kappa shape index (κ1) is 14.8. The number of hydrogen-bond donors (Lipinski definition) is 2. The van der Waals surface area contributed by atoms with Crippen molar-refractivity contribution >= 4 is 28.5 Å². The van der Waals surface area contributed by atoms with Gasteiger partial charge in [-0.2, -0.15) is 0 Å². The van der Waals surface area contributed by atoms with E-state index in [0.717, 1.165) is 12.1 Å². The van der Waals surface area contributed by atoms with Crippen LogP contribution in [0.3, 0.4) is 0 Å². The van der Waals surface area contributed by atoms with Gasteiger partial charge >= 0.3 is 12.0 Å². The molecule has 0 spiro atoms. The number of nitrogens with zero attached hydrogens (tertiary/aromatic N) is 2. The fourth-order valence-electron chi connectivity index (χ4n) is 2.39. The molecular weight excluding hydrogens is 278 g/mol. The van der Waals surface area contributed by atoms with Crippen LogP contribution in [0.1, 0.15) is 26.0 Å². The molecule has 1 fully saturated rings. The Morgan fingerprint density at radius 3 is 2.90 bits per heavy atom. The Morgan fingerprint density at radius 1 is 1.55 bits per heavy atom. The third kappa shape index (κ3) is 3.47. The lowest BCUT2D eigenvalue weighted by Gasteiger charge is -2.34. The van der Waals surface area contributed by atoms with Crippen molar-refractivity contribution in [2.75, 3.05) is 18.4 Å². The van der Waals surface area contributed by atoms with Gasteiger partial charge in [-0.05, 0) is 18.8 Å². The van der Waals surface area contributed by atoms with Gasteiger partial charge < -0.3 is 10.0 Å². The number of aliphatic carboxylic acids is 1. The predicted molar refractivity (Wildman–Crippen MR) is 77.0 cm³/mol. The zero-order valence-electron chi connectivity index (χ0n) is 11.6. The molecule has 2 heterocycles. The van der Waals surface area contributed by atoms with Crippen molar-refractivity contribution < 1.29 is 14.7 Å². The third-order valence-corrected chi connectivity index (χ3v) is 4.23. The Hall–Kier alpha value is -1.63. The first-order valence-corrected chi connectivity index (χ1v) is 7.60. The summed E-state index contributed by atoms with van der Waals surface area (Å²) < 4.78 is 0. The van der Waals surface area contributed by atoms with E-state index in [0.29, 0.717) is 18.1 Å². The number of carbonyl (C=O) groups is 2. The second kappa shape index (κ2) is 6.21. The molecule has 1 aromatic heterocycles. The first-order valence-electron chi connectivity index (χ1n) is 6.72. The monoisotopic (exact) mass is 297 g/mol. The summed E-state index contributed by atoms with van der Waals surface area (Å²) in [4.78, 5) is 29.1. The second-order valence-corrected chi connectivity index (χ2v) is 6.07. The Bertz CT molecular complexity index is 503. The number of amides is 2. The fourth-order valence-corrected chi connectivity index (χ4v) is 3.18. The van der Waals surface area contributed by atoms with E-state index in [4.69, 9.17) is 5.11 Å². The lowest BCUT2D eigenvalue weighted by Crippen LogP contribution is -2.47. The van der Waals surface area contributed by atoms with E-state index in [1.165, 1.54) is 11.3 Å². The number of carboxylic acid groups (broad SMARTS) is 1. The van der Waals surface area contributed by atoms with E-state index < -0.39 is 11.9 Å². The molecule has 0 bridgehead atoms. The minimum Gasteiger partial charge on any atom is -0.481 e. The van der Waals surface area contributed by atoms with Crippen molar-refractivity contribution in [1.29, 1.82) is 0 Å². The standard InChI is InChI=1S/C13H19N3O3S/c1-3-10-7-20-12(14-10)15-13(19)16-5-8(2)4-9(6-16)11(17)18/h7-9H,3-6H2,1-2H3,(H,17,18)(H,14,15,19). The number of thiazole rings is 1. The molecule has 20 heavy (non-hydrogen) atoms. The van der Waals surface area contributed by atoms with Crippen molar-refractivity contribution in [2.24, 2.45) is 11.8 Å². The molecular formula is C13H19N3O3S. The third-order valence-electron chi connectivity index (χ3n) is 3.42. The highest BCUT2D eigenvalue weighted by molar-refractivity contribution is 7.13. The summed E-state index contributed by atoms with van der Waals surface area (Å²) in [6.45, 7) is 4.82. The Morgan fingerprint density at radius 2 is 2.30 bits per heavy atom. The molecule has 0 aliphatic carbocycles. The number of nitrogens with one attached hydrogen (secondary N) is 1. The number of anilines is 1. The highest BCUT2D eigenvalue weighted by Gasteiger charge is 2.32. The zero-order valence-corrected chi connectivity index (χ0v) is 12.4. The number of aryl methyl sites for hydroxylation is 1. The Kier molecular flexibility index (Phi) is 4.59. The van der Waals surface area contributed by atoms with Gasteiger partial charge in [-0.15, -0.1) is 11.3 Å². The van der Waals surface area contributed by atoms with E-state index in [-0.39, 0.29) is 18.5 Å². The van der Waals surface area contributed by atoms with Gasteiger partial charge in [-0.3, -0.25) is 10.1 Å². The maximum absolute atomic E-state index is 12.2. The molecule has 0 radical (unpaired) electrons. The quantitative estimate of drug-likeness (QED) is 0.896. The smallest absolute Gasteiger partial charge is 0.323 e. The lowest BCUT2D eigenvalue weighted by molar-refractivity contribution is -0.143. The minimum atomic E-state index is -0.836. The van der Waals surface area contributed by atoms with Crippen LogP contribution in [0, 0.1) is 11.8 Å². The molecule has 2 amide bonds. The number of carbonyl (C=O) groups excluding carboxylic acids is 1. The normalized spacial score (nSPS) is 22.6. The average Bonchev–Trinajstić information content (AvgIpc) is 2.85. The molecule has 1 aliphatic rings. The van der Waals surface area contributed by atoms with Gasteiger partial charge in [0.05, 0.1) is 11.6 Å². The molecule has 2 atom stereocenters. The SMILES string of the molecule is CCc1csc(NC(=O)N2CC(C)CC(C(=O)O)C2)n1. The molecule has 1 aromatic rings. The molecule has 0 aromatic carbocycles. The van der Waals surface area contributed by atoms with Crippen molar-refractivity contribution in [3.8, 4) is 0 Å². The van der Waals surface area contributed by atoms with Crippen molar-refractivity contribution in [3.63, 3.8) is 0 Å². The topological polar surface area (TPSA) is 82.5 Å². The molecule has 6 nitrogen and oxygen atoms in total. The minimum absolute atomic E-state index is 0.193. The predicted octanol–water partition coefficient (Wildman–Crippen LogP) is 2.28. The van der Waals surface area contributed by atoms with Crippen LogP contribution in [0.15, 0.2) is 5.38 Å². The van der Waals surface area contributed by atoms with E-state index in [1.54, 1.807) is 4.90 Å². The summed E-state index contributed by atoms with van der Waals surface area (Å²) in [6, 6.07) is -0.264. The lowest BCUT2D eigenvalue weighted by atomic mass is 9.91. The molecule has 1 saturated heterocycles. The van der Waals surface area contributed by atoms with Gasteiger partial charge in [-0.1, -0.05) is 13.8 Å². The molecule has 2 rings (SSSR count). The number of carboxylic acids is 1. The molecule has 2 unspecified atom stereocenters. The van der Waals surface area contributed by atoms with Gasteiger partial charge in [0, 0.05) is 18.5 Å². The van der Waals surface area contributed by atoms with Crippen molar-refractivity contribution in [2.45, 2.75) is 26.7 Å². The molecule has 110 valence electrons. The first-order chi connectivity index (χ1) is 9.49. The van der Waals surface area contributed by atoms with E-state index >= 15 is 0 Å². The largest absolute Gasteiger partial charge is 0.481 e. The molecule has 1 aliphatic heterocycles. The summed E-state index contributed by atoms with van der Waals surface area (Å²) in [6.07, 6.45) is 1.45. The van der Waals surface area contributed by atoms with E-state index in [2.05, 4.69) is 10.3 Å². The fraction of sp³-hybridized carbons (Fsp3) is 0.615. The molecule has 7 heteroatoms. The van der Waals surface area contributed by atoms with Crippen LogP contribution in [-0.4, -0.2) is 40.1 Å². The highest BCUT2D eigenvalue weighted by Crippen LogP contribution is 2.23. The van der Waals surface area contributed by atoms with Gasteiger partial charge in [0.25, 0.3) is 0 Å². The number of rotatable bonds is 3. The summed E-state index contributed by atoms with van der Waals surface area (Å²) in [7, 11) is 0. The van der Waals surface area contributed by atoms with Gasteiger partial charge in [0.1, 0.15) is 0 Å². The van der Waals surface area contributed by atoms with Gasteiger partial charge in [0.2, 0.25) is 0 Å². The summed E-state index contributed by atoms with van der Waals surface area (Å²) in [5.74, 6) is -1.12. The number of likely N-dealkylation sites (tertiary alicyclic amines) is 1. The highest BCUT2D eigenvalue weighted by atomic mass is 32.1. The van der Waals surface area contributed by atoms with Crippen LogP contribution in [0.5, 0.6) is 0 Å². The van der Waals surface area contributed by atoms with Gasteiger partial charge in [-0.25, -0.2) is 9.78 Å². The second-order valence-electron chi connectivity index (χ2n) is 5.21. The zero-order chi connectivity index (χ0) is 14.7. The Balaban J connectivity index is 1.99. The van der Waals surface area contributed by atoms with Crippen LogP contribution in [0.4, 0.5) is 9.93 Å². The number of piperidine rings is 1. The maximum Gasteiger partial charge on any atom is 0.323 e. The van der Waals surface area contributed by atoms with Crippen LogP contribution < -0.4 is 5.32 Å². The summed E-state index contributed by atoms with van der Waals surface area (Å²) in [5, 5.41) is 14.3.